The molecule has 2 aromatic carbocycles. The van der Waals surface area contributed by atoms with Crippen molar-refractivity contribution in [2.45, 2.75) is 6.92 Å². The average molecular weight is 519 g/mol. The van der Waals surface area contributed by atoms with E-state index in [-0.39, 0.29) is 11.3 Å². The number of rotatable bonds is 7. The lowest BCUT2D eigenvalue weighted by molar-refractivity contribution is 0.0697. The van der Waals surface area contributed by atoms with Crippen molar-refractivity contribution in [1.82, 2.24) is 19.7 Å². The fourth-order valence-electron chi connectivity index (χ4n) is 3.40. The minimum absolute atomic E-state index is 0.110. The van der Waals surface area contributed by atoms with E-state index in [0.29, 0.717) is 33.0 Å². The molecule has 2 N–H and O–H groups in total. The van der Waals surface area contributed by atoms with Crippen LogP contribution < -0.4 is 10.3 Å². The van der Waals surface area contributed by atoms with Gasteiger partial charge >= 0.3 is 11.5 Å². The standard InChI is InChI=1S/C24H18N6O4S2/c1-13-11-35-23(25-13)28-27-20-19(16-4-3-5-17(10-16)34-2)29-30(21(20)31)24-26-18(12-36-24)14-6-8-15(9-7-14)22(32)33/h3-12,29H,1-2H3,(H,32,33). The zero-order chi connectivity index (χ0) is 25.2. The topological polar surface area (TPSA) is 135 Å². The van der Waals surface area contributed by atoms with Crippen LogP contribution in [-0.2, 0) is 0 Å². The van der Waals surface area contributed by atoms with Gasteiger partial charge in [0.05, 0.1) is 29.8 Å². The van der Waals surface area contributed by atoms with Crippen LogP contribution >= 0.6 is 22.7 Å². The van der Waals surface area contributed by atoms with E-state index in [1.54, 1.807) is 36.8 Å². The maximum atomic E-state index is 13.4. The number of carboxylic acids is 1. The maximum Gasteiger partial charge on any atom is 0.335 e. The minimum Gasteiger partial charge on any atom is -0.497 e. The van der Waals surface area contributed by atoms with Gasteiger partial charge in [-0.15, -0.1) is 32.9 Å². The first-order valence-electron chi connectivity index (χ1n) is 10.6. The Morgan fingerprint density at radius 2 is 1.86 bits per heavy atom. The second-order valence-electron chi connectivity index (χ2n) is 7.58. The van der Waals surface area contributed by atoms with Crippen LogP contribution in [0.3, 0.4) is 0 Å². The molecule has 5 aromatic rings. The molecule has 3 heterocycles. The van der Waals surface area contributed by atoms with E-state index >= 15 is 0 Å². The molecule has 0 spiro atoms. The lowest BCUT2D eigenvalue weighted by atomic mass is 10.1. The van der Waals surface area contributed by atoms with Crippen LogP contribution in [0.5, 0.6) is 5.75 Å². The zero-order valence-electron chi connectivity index (χ0n) is 19.0. The molecule has 0 saturated heterocycles. The Kier molecular flexibility index (Phi) is 6.27. The molecule has 0 saturated carbocycles. The number of hydrogen-bond donors (Lipinski definition) is 2. The first kappa shape index (κ1) is 23.3. The first-order valence-corrected chi connectivity index (χ1v) is 12.3. The summed E-state index contributed by atoms with van der Waals surface area (Å²) >= 11 is 2.59. The fourth-order valence-corrected chi connectivity index (χ4v) is 4.80. The second-order valence-corrected chi connectivity index (χ2v) is 9.25. The molecule has 5 rings (SSSR count). The molecule has 0 radical (unpaired) electrons. The SMILES string of the molecule is COc1cccc(-c2[nH]n(-c3nc(-c4ccc(C(=O)O)cc4)cs3)c(=O)c2N=Nc2nc(C)cs2)c1. The summed E-state index contributed by atoms with van der Waals surface area (Å²) in [5.74, 6) is -0.376. The first-order chi connectivity index (χ1) is 17.4. The average Bonchev–Trinajstić information content (AvgIpc) is 3.62. The number of carbonyl (C=O) groups is 1. The van der Waals surface area contributed by atoms with Crippen LogP contribution in [0.4, 0.5) is 10.8 Å². The van der Waals surface area contributed by atoms with E-state index < -0.39 is 11.5 Å². The summed E-state index contributed by atoms with van der Waals surface area (Å²) in [5, 5.41) is 25.1. The fraction of sp³-hybridized carbons (Fsp3) is 0.0833. The van der Waals surface area contributed by atoms with Gasteiger partial charge in [-0.05, 0) is 31.2 Å². The molecule has 36 heavy (non-hydrogen) atoms. The summed E-state index contributed by atoms with van der Waals surface area (Å²) in [6.45, 7) is 1.86. The van der Waals surface area contributed by atoms with Gasteiger partial charge in [0.25, 0.3) is 0 Å². The smallest absolute Gasteiger partial charge is 0.335 e. The number of aromatic nitrogens is 4. The van der Waals surface area contributed by atoms with Crippen LogP contribution in [0.1, 0.15) is 16.1 Å². The highest BCUT2D eigenvalue weighted by Gasteiger charge is 2.20. The molecule has 0 aliphatic heterocycles. The molecule has 0 fully saturated rings. The summed E-state index contributed by atoms with van der Waals surface area (Å²) in [6, 6.07) is 13.6. The van der Waals surface area contributed by atoms with E-state index in [4.69, 9.17) is 9.84 Å². The third kappa shape index (κ3) is 4.59. The van der Waals surface area contributed by atoms with Gasteiger partial charge in [-0.1, -0.05) is 24.3 Å². The van der Waals surface area contributed by atoms with Crippen molar-refractivity contribution in [2.24, 2.45) is 10.2 Å². The second kappa shape index (κ2) is 9.68. The van der Waals surface area contributed by atoms with E-state index in [9.17, 15) is 9.59 Å². The predicted molar refractivity (Wildman–Crippen MR) is 137 cm³/mol. The molecular formula is C24H18N6O4S2. The number of azo groups is 1. The van der Waals surface area contributed by atoms with Gasteiger partial charge in [0.2, 0.25) is 10.3 Å². The largest absolute Gasteiger partial charge is 0.497 e. The Morgan fingerprint density at radius 3 is 2.56 bits per heavy atom. The molecule has 0 bridgehead atoms. The Bertz CT molecular complexity index is 1650. The summed E-state index contributed by atoms with van der Waals surface area (Å²) in [6.07, 6.45) is 0. The van der Waals surface area contributed by atoms with E-state index in [2.05, 4.69) is 25.3 Å². The zero-order valence-corrected chi connectivity index (χ0v) is 20.6. The molecular weight excluding hydrogens is 500 g/mol. The summed E-state index contributed by atoms with van der Waals surface area (Å²) in [4.78, 5) is 33.4. The molecule has 10 nitrogen and oxygen atoms in total. The quantitative estimate of drug-likeness (QED) is 0.260. The van der Waals surface area contributed by atoms with Crippen LogP contribution in [0.2, 0.25) is 0 Å². The van der Waals surface area contributed by atoms with Gasteiger partial charge in [-0.3, -0.25) is 9.89 Å². The summed E-state index contributed by atoms with van der Waals surface area (Å²) < 4.78 is 6.65. The highest BCUT2D eigenvalue weighted by atomic mass is 32.1. The highest BCUT2D eigenvalue weighted by molar-refractivity contribution is 7.13. The highest BCUT2D eigenvalue weighted by Crippen LogP contribution is 2.32. The molecule has 0 aliphatic carbocycles. The maximum absolute atomic E-state index is 13.4. The van der Waals surface area contributed by atoms with Gasteiger partial charge < -0.3 is 9.84 Å². The predicted octanol–water partition coefficient (Wildman–Crippen LogP) is 5.84. The molecule has 3 aromatic heterocycles. The van der Waals surface area contributed by atoms with Crippen molar-refractivity contribution in [2.75, 3.05) is 7.11 Å². The molecule has 0 atom stereocenters. The van der Waals surface area contributed by atoms with Gasteiger partial charge in [0.15, 0.2) is 5.69 Å². The third-order valence-corrected chi connectivity index (χ3v) is 6.85. The minimum atomic E-state index is -1.00. The normalized spacial score (nSPS) is 11.3. The van der Waals surface area contributed by atoms with E-state index in [0.717, 1.165) is 11.3 Å². The number of H-pyrrole nitrogens is 1. The van der Waals surface area contributed by atoms with Crippen molar-refractivity contribution in [3.05, 3.63) is 80.9 Å². The summed E-state index contributed by atoms with van der Waals surface area (Å²) in [7, 11) is 1.57. The van der Waals surface area contributed by atoms with E-state index in [1.807, 2.05) is 24.4 Å². The number of benzene rings is 2. The van der Waals surface area contributed by atoms with Crippen molar-refractivity contribution in [3.63, 3.8) is 0 Å². The number of nitrogens with one attached hydrogen (secondary N) is 1. The number of ether oxygens (including phenoxy) is 1. The Hall–Kier alpha value is -4.42. The lowest BCUT2D eigenvalue weighted by Crippen LogP contribution is -2.13. The Balaban J connectivity index is 1.58. The van der Waals surface area contributed by atoms with Crippen molar-refractivity contribution in [1.29, 1.82) is 0 Å². The molecule has 0 aliphatic rings. The number of aromatic carboxylic acids is 1. The number of aromatic amines is 1. The number of carboxylic acid groups (broad SMARTS) is 1. The van der Waals surface area contributed by atoms with Crippen LogP contribution in [0.25, 0.3) is 27.6 Å². The van der Waals surface area contributed by atoms with Crippen molar-refractivity contribution >= 4 is 39.5 Å². The lowest BCUT2D eigenvalue weighted by Gasteiger charge is -2.03. The summed E-state index contributed by atoms with van der Waals surface area (Å²) in [5.41, 5.74) is 3.18. The van der Waals surface area contributed by atoms with Gasteiger partial charge in [-0.2, -0.15) is 4.68 Å². The Morgan fingerprint density at radius 1 is 1.06 bits per heavy atom. The monoisotopic (exact) mass is 518 g/mol. The van der Waals surface area contributed by atoms with Gasteiger partial charge in [0.1, 0.15) is 5.75 Å². The number of thiazole rings is 2. The van der Waals surface area contributed by atoms with Crippen LogP contribution in [-0.4, -0.2) is 37.9 Å². The molecule has 12 heteroatoms. The third-order valence-electron chi connectivity index (χ3n) is 5.18. The van der Waals surface area contributed by atoms with E-state index in [1.165, 1.54) is 39.5 Å². The number of nitrogens with zero attached hydrogens (tertiary/aromatic N) is 5. The van der Waals surface area contributed by atoms with Crippen LogP contribution in [0.15, 0.2) is 74.3 Å². The number of aryl methyl sites for hydroxylation is 1. The molecule has 0 unspecified atom stereocenters. The number of methoxy groups -OCH3 is 1. The Labute approximate surface area is 212 Å². The van der Waals surface area contributed by atoms with Crippen molar-refractivity contribution in [3.8, 4) is 33.4 Å². The van der Waals surface area contributed by atoms with Gasteiger partial charge in [-0.25, -0.2) is 14.8 Å². The van der Waals surface area contributed by atoms with Gasteiger partial charge in [0, 0.05) is 21.9 Å². The molecule has 0 amide bonds. The van der Waals surface area contributed by atoms with Crippen LogP contribution in [0, 0.1) is 6.92 Å². The molecule has 180 valence electrons. The van der Waals surface area contributed by atoms with Crippen molar-refractivity contribution < 1.29 is 14.6 Å². The number of hydrogen-bond acceptors (Lipinski definition) is 9.